The number of ether oxygens (including phenoxy) is 2. The Balaban J connectivity index is 2.10. The maximum atomic E-state index is 5.66. The Morgan fingerprint density at radius 1 is 1.18 bits per heavy atom. The van der Waals surface area contributed by atoms with E-state index in [1.165, 1.54) is 25.7 Å². The average Bonchev–Trinajstić information content (AvgIpc) is 2.34. The van der Waals surface area contributed by atoms with Crippen LogP contribution in [0.15, 0.2) is 0 Å². The first kappa shape index (κ1) is 14.9. The quantitative estimate of drug-likeness (QED) is 0.664. The van der Waals surface area contributed by atoms with Crippen molar-refractivity contribution in [3.05, 3.63) is 0 Å². The topological polar surface area (TPSA) is 30.5 Å². The van der Waals surface area contributed by atoms with Crippen LogP contribution in [-0.2, 0) is 9.47 Å². The molecule has 3 heteroatoms. The summed E-state index contributed by atoms with van der Waals surface area (Å²) in [7, 11) is 3.83. The molecule has 3 nitrogen and oxygen atoms in total. The molecule has 0 spiro atoms. The maximum Gasteiger partial charge on any atom is 0.0487 e. The third-order valence-electron chi connectivity index (χ3n) is 3.89. The van der Waals surface area contributed by atoms with Crippen LogP contribution in [0, 0.1) is 11.8 Å². The van der Waals surface area contributed by atoms with E-state index in [-0.39, 0.29) is 0 Å². The fraction of sp³-hybridized carbons (Fsp3) is 1.00. The average molecular weight is 243 g/mol. The second kappa shape index (κ2) is 8.90. The van der Waals surface area contributed by atoms with E-state index in [1.807, 2.05) is 0 Å². The van der Waals surface area contributed by atoms with Gasteiger partial charge in [-0.25, -0.2) is 0 Å². The molecular formula is C14H29NO2. The maximum absolute atomic E-state index is 5.66. The van der Waals surface area contributed by atoms with Crippen molar-refractivity contribution in [1.29, 1.82) is 0 Å². The molecule has 102 valence electrons. The van der Waals surface area contributed by atoms with Crippen molar-refractivity contribution in [2.24, 2.45) is 11.8 Å². The lowest BCUT2D eigenvalue weighted by Crippen LogP contribution is -2.38. The highest BCUT2D eigenvalue weighted by Crippen LogP contribution is 2.30. The van der Waals surface area contributed by atoms with Gasteiger partial charge in [-0.2, -0.15) is 0 Å². The van der Waals surface area contributed by atoms with Gasteiger partial charge in [0.05, 0.1) is 0 Å². The van der Waals surface area contributed by atoms with Crippen molar-refractivity contribution in [2.75, 3.05) is 34.0 Å². The van der Waals surface area contributed by atoms with Gasteiger partial charge in [-0.15, -0.1) is 0 Å². The Bertz CT molecular complexity index is 187. The van der Waals surface area contributed by atoms with Crippen LogP contribution in [0.25, 0.3) is 0 Å². The third kappa shape index (κ3) is 5.84. The van der Waals surface area contributed by atoms with E-state index in [0.29, 0.717) is 6.04 Å². The lowest BCUT2D eigenvalue weighted by molar-refractivity contribution is 0.0812. The molecule has 0 radical (unpaired) electrons. The minimum Gasteiger partial charge on any atom is -0.385 e. The van der Waals surface area contributed by atoms with Gasteiger partial charge in [0.25, 0.3) is 0 Å². The van der Waals surface area contributed by atoms with Gasteiger partial charge in [0.15, 0.2) is 0 Å². The molecule has 1 aliphatic rings. The second-order valence-corrected chi connectivity index (χ2v) is 5.32. The van der Waals surface area contributed by atoms with Gasteiger partial charge in [0.2, 0.25) is 0 Å². The molecule has 0 aromatic carbocycles. The summed E-state index contributed by atoms with van der Waals surface area (Å²) >= 11 is 0. The first-order valence-corrected chi connectivity index (χ1v) is 7.01. The molecule has 3 atom stereocenters. The number of methoxy groups -OCH3 is 1. The molecule has 0 aliphatic heterocycles. The van der Waals surface area contributed by atoms with Crippen LogP contribution in [0.5, 0.6) is 0 Å². The Hall–Kier alpha value is -0.120. The summed E-state index contributed by atoms with van der Waals surface area (Å²) in [6.45, 7) is 4.91. The molecule has 1 aliphatic carbocycles. The van der Waals surface area contributed by atoms with Crippen molar-refractivity contribution in [1.82, 2.24) is 5.32 Å². The van der Waals surface area contributed by atoms with E-state index >= 15 is 0 Å². The van der Waals surface area contributed by atoms with E-state index in [9.17, 15) is 0 Å². The fourth-order valence-corrected chi connectivity index (χ4v) is 2.84. The molecule has 1 rings (SSSR count). The molecule has 0 aromatic rings. The highest BCUT2D eigenvalue weighted by molar-refractivity contribution is 4.82. The monoisotopic (exact) mass is 243 g/mol. The SMILES string of the molecule is CNC1CCC(C)CC1CCOCCCOC. The fourth-order valence-electron chi connectivity index (χ4n) is 2.84. The molecular weight excluding hydrogens is 214 g/mol. The van der Waals surface area contributed by atoms with Gasteiger partial charge in [0.1, 0.15) is 0 Å². The summed E-state index contributed by atoms with van der Waals surface area (Å²) in [5.41, 5.74) is 0. The second-order valence-electron chi connectivity index (χ2n) is 5.32. The predicted octanol–water partition coefficient (Wildman–Crippen LogP) is 2.45. The minimum absolute atomic E-state index is 0.703. The van der Waals surface area contributed by atoms with Crippen LogP contribution >= 0.6 is 0 Å². The van der Waals surface area contributed by atoms with E-state index < -0.39 is 0 Å². The van der Waals surface area contributed by atoms with Crippen LogP contribution in [0.1, 0.15) is 39.0 Å². The van der Waals surface area contributed by atoms with Crippen LogP contribution in [-0.4, -0.2) is 40.0 Å². The van der Waals surface area contributed by atoms with E-state index in [1.54, 1.807) is 7.11 Å². The summed E-state index contributed by atoms with van der Waals surface area (Å²) in [6.07, 6.45) is 6.26. The molecule has 1 fully saturated rings. The van der Waals surface area contributed by atoms with Gasteiger partial charge in [-0.05, 0) is 51.0 Å². The van der Waals surface area contributed by atoms with Crippen molar-refractivity contribution in [2.45, 2.75) is 45.1 Å². The first-order valence-electron chi connectivity index (χ1n) is 7.01. The number of hydrogen-bond acceptors (Lipinski definition) is 3. The summed E-state index contributed by atoms with van der Waals surface area (Å²) in [4.78, 5) is 0. The molecule has 0 amide bonds. The third-order valence-corrected chi connectivity index (χ3v) is 3.89. The largest absolute Gasteiger partial charge is 0.385 e. The smallest absolute Gasteiger partial charge is 0.0487 e. The molecule has 17 heavy (non-hydrogen) atoms. The molecule has 0 saturated heterocycles. The van der Waals surface area contributed by atoms with Gasteiger partial charge in [0, 0.05) is 33.0 Å². The van der Waals surface area contributed by atoms with E-state index in [4.69, 9.17) is 9.47 Å². The standard InChI is InChI=1S/C14H29NO2/c1-12-5-6-14(15-2)13(11-12)7-10-17-9-4-8-16-3/h12-15H,4-11H2,1-3H3. The first-order chi connectivity index (χ1) is 8.27. The molecule has 3 unspecified atom stereocenters. The van der Waals surface area contributed by atoms with Crippen molar-refractivity contribution < 1.29 is 9.47 Å². The lowest BCUT2D eigenvalue weighted by Gasteiger charge is -2.34. The Morgan fingerprint density at radius 3 is 2.71 bits per heavy atom. The van der Waals surface area contributed by atoms with Gasteiger partial charge >= 0.3 is 0 Å². The van der Waals surface area contributed by atoms with E-state index in [0.717, 1.165) is 38.1 Å². The minimum atomic E-state index is 0.703. The van der Waals surface area contributed by atoms with Gasteiger partial charge in [-0.3, -0.25) is 0 Å². The molecule has 0 bridgehead atoms. The number of nitrogens with one attached hydrogen (secondary N) is 1. The van der Waals surface area contributed by atoms with E-state index in [2.05, 4.69) is 19.3 Å². The molecule has 0 aromatic heterocycles. The Kier molecular flexibility index (Phi) is 7.82. The Labute approximate surface area is 106 Å². The number of hydrogen-bond donors (Lipinski definition) is 1. The van der Waals surface area contributed by atoms with Crippen LogP contribution in [0.3, 0.4) is 0 Å². The summed E-state index contributed by atoms with van der Waals surface area (Å²) in [6, 6.07) is 0.703. The zero-order valence-electron chi connectivity index (χ0n) is 11.7. The summed E-state index contributed by atoms with van der Waals surface area (Å²) in [5, 5.41) is 3.46. The highest BCUT2D eigenvalue weighted by atomic mass is 16.5. The van der Waals surface area contributed by atoms with Gasteiger partial charge in [-0.1, -0.05) is 6.92 Å². The Morgan fingerprint density at radius 2 is 2.00 bits per heavy atom. The normalized spacial score (nSPS) is 29.5. The van der Waals surface area contributed by atoms with Crippen molar-refractivity contribution in [3.8, 4) is 0 Å². The molecule has 0 heterocycles. The lowest BCUT2D eigenvalue weighted by atomic mass is 9.77. The summed E-state index contributed by atoms with van der Waals surface area (Å²) in [5.74, 6) is 1.68. The highest BCUT2D eigenvalue weighted by Gasteiger charge is 2.26. The molecule has 1 saturated carbocycles. The van der Waals surface area contributed by atoms with Crippen molar-refractivity contribution >= 4 is 0 Å². The van der Waals surface area contributed by atoms with Crippen LogP contribution in [0.4, 0.5) is 0 Å². The molecule has 1 N–H and O–H groups in total. The summed E-state index contributed by atoms with van der Waals surface area (Å²) < 4.78 is 10.7. The zero-order valence-corrected chi connectivity index (χ0v) is 11.7. The predicted molar refractivity (Wildman–Crippen MR) is 71.3 cm³/mol. The number of rotatable bonds is 8. The van der Waals surface area contributed by atoms with Crippen molar-refractivity contribution in [3.63, 3.8) is 0 Å². The zero-order chi connectivity index (χ0) is 12.5. The van der Waals surface area contributed by atoms with Crippen LogP contribution < -0.4 is 5.32 Å². The van der Waals surface area contributed by atoms with Crippen LogP contribution in [0.2, 0.25) is 0 Å². The van der Waals surface area contributed by atoms with Gasteiger partial charge < -0.3 is 14.8 Å².